The summed E-state index contributed by atoms with van der Waals surface area (Å²) in [4.78, 5) is 8.43. The Morgan fingerprint density at radius 2 is 2.20 bits per heavy atom. The standard InChI is InChI=1S/C11H8N6O2S/c1-4-19-15-9(1)16-8(10-12-3-6-20-10)7-14-17(16)11-13-2-5-18-11/h1-7,14H. The van der Waals surface area contributed by atoms with E-state index in [1.54, 1.807) is 34.8 Å². The second-order valence-electron chi connectivity index (χ2n) is 3.79. The Hall–Kier alpha value is -2.81. The maximum atomic E-state index is 5.31. The summed E-state index contributed by atoms with van der Waals surface area (Å²) in [6.07, 6.45) is 8.12. The van der Waals surface area contributed by atoms with Crippen LogP contribution >= 0.6 is 11.3 Å². The van der Waals surface area contributed by atoms with E-state index in [1.165, 1.54) is 23.9 Å². The molecule has 0 saturated heterocycles. The first-order valence-electron chi connectivity index (χ1n) is 5.70. The summed E-state index contributed by atoms with van der Waals surface area (Å²) < 4.78 is 10.2. The maximum Gasteiger partial charge on any atom is 0.337 e. The fourth-order valence-electron chi connectivity index (χ4n) is 1.85. The number of rotatable bonds is 3. The highest BCUT2D eigenvalue weighted by Crippen LogP contribution is 2.32. The van der Waals surface area contributed by atoms with Gasteiger partial charge in [-0.2, -0.15) is 4.98 Å². The Morgan fingerprint density at radius 1 is 1.20 bits per heavy atom. The number of aromatic nitrogens is 3. The lowest BCUT2D eigenvalue weighted by Gasteiger charge is -2.26. The molecular formula is C11H8N6O2S. The van der Waals surface area contributed by atoms with E-state index >= 15 is 0 Å². The van der Waals surface area contributed by atoms with E-state index in [0.29, 0.717) is 11.8 Å². The van der Waals surface area contributed by atoms with Gasteiger partial charge in [-0.25, -0.2) is 9.99 Å². The van der Waals surface area contributed by atoms with Gasteiger partial charge in [-0.1, -0.05) is 5.16 Å². The number of thiazole rings is 1. The Morgan fingerprint density at radius 3 is 2.90 bits per heavy atom. The molecule has 4 heterocycles. The number of hydrogen-bond acceptors (Lipinski definition) is 9. The van der Waals surface area contributed by atoms with Gasteiger partial charge in [0.2, 0.25) is 0 Å². The number of anilines is 2. The summed E-state index contributed by atoms with van der Waals surface area (Å²) in [5.74, 6) is 0.592. The molecule has 0 bridgehead atoms. The van der Waals surface area contributed by atoms with Crippen LogP contribution < -0.4 is 15.6 Å². The average Bonchev–Trinajstić information content (AvgIpc) is 3.23. The molecule has 1 aliphatic heterocycles. The fourth-order valence-corrected chi connectivity index (χ4v) is 2.49. The summed E-state index contributed by atoms with van der Waals surface area (Å²) in [6.45, 7) is 0. The molecule has 0 fully saturated rings. The van der Waals surface area contributed by atoms with E-state index in [0.717, 1.165) is 10.7 Å². The van der Waals surface area contributed by atoms with Crippen LogP contribution in [0.5, 0.6) is 0 Å². The van der Waals surface area contributed by atoms with Crippen molar-refractivity contribution in [2.75, 3.05) is 10.1 Å². The van der Waals surface area contributed by atoms with Gasteiger partial charge in [-0.15, -0.1) is 16.5 Å². The monoisotopic (exact) mass is 288 g/mol. The average molecular weight is 288 g/mol. The highest BCUT2D eigenvalue weighted by atomic mass is 32.1. The predicted molar refractivity (Wildman–Crippen MR) is 71.2 cm³/mol. The van der Waals surface area contributed by atoms with Crippen molar-refractivity contribution in [2.24, 2.45) is 0 Å². The van der Waals surface area contributed by atoms with Crippen molar-refractivity contribution in [3.05, 3.63) is 47.6 Å². The zero-order valence-corrected chi connectivity index (χ0v) is 10.8. The van der Waals surface area contributed by atoms with E-state index in [2.05, 4.69) is 20.6 Å². The van der Waals surface area contributed by atoms with Gasteiger partial charge < -0.3 is 8.94 Å². The molecule has 3 aromatic heterocycles. The van der Waals surface area contributed by atoms with Gasteiger partial charge >= 0.3 is 6.01 Å². The molecule has 0 amide bonds. The summed E-state index contributed by atoms with van der Waals surface area (Å²) in [5, 5.41) is 10.1. The highest BCUT2D eigenvalue weighted by Gasteiger charge is 2.32. The maximum absolute atomic E-state index is 5.31. The van der Waals surface area contributed by atoms with Crippen molar-refractivity contribution in [1.82, 2.24) is 20.6 Å². The van der Waals surface area contributed by atoms with Gasteiger partial charge in [0.05, 0.1) is 6.20 Å². The van der Waals surface area contributed by atoms with Gasteiger partial charge in [-0.3, -0.25) is 5.43 Å². The Balaban J connectivity index is 1.78. The number of nitrogens with one attached hydrogen (secondary N) is 1. The number of hydrazine groups is 2. The molecule has 8 nitrogen and oxygen atoms in total. The van der Waals surface area contributed by atoms with Crippen LogP contribution in [0.2, 0.25) is 0 Å². The number of oxazole rings is 1. The molecule has 9 heteroatoms. The molecule has 0 atom stereocenters. The van der Waals surface area contributed by atoms with E-state index in [9.17, 15) is 0 Å². The topological polar surface area (TPSA) is 83.5 Å². The third-order valence-electron chi connectivity index (χ3n) is 2.64. The third kappa shape index (κ3) is 1.64. The highest BCUT2D eigenvalue weighted by molar-refractivity contribution is 7.10. The van der Waals surface area contributed by atoms with Crippen LogP contribution in [0.4, 0.5) is 11.8 Å². The molecule has 100 valence electrons. The SMILES string of the molecule is C1=C(c2nccs2)N(c2ccon2)N(c2ncco2)N1. The van der Waals surface area contributed by atoms with Gasteiger partial charge in [0.25, 0.3) is 0 Å². The molecule has 0 unspecified atom stereocenters. The van der Waals surface area contributed by atoms with Crippen LogP contribution in [0, 0.1) is 0 Å². The largest absolute Gasteiger partial charge is 0.430 e. The second-order valence-corrected chi connectivity index (χ2v) is 4.69. The minimum absolute atomic E-state index is 0.385. The van der Waals surface area contributed by atoms with E-state index in [-0.39, 0.29) is 0 Å². The minimum Gasteiger partial charge on any atom is -0.430 e. The second kappa shape index (κ2) is 4.38. The molecular weight excluding hydrogens is 280 g/mol. The van der Waals surface area contributed by atoms with E-state index in [4.69, 9.17) is 8.94 Å². The summed E-state index contributed by atoms with van der Waals surface area (Å²) in [6, 6.07) is 2.13. The van der Waals surface area contributed by atoms with E-state index in [1.807, 2.05) is 5.38 Å². The van der Waals surface area contributed by atoms with Crippen molar-refractivity contribution < 1.29 is 8.94 Å². The first-order valence-corrected chi connectivity index (χ1v) is 6.58. The van der Waals surface area contributed by atoms with Crippen molar-refractivity contribution in [3.8, 4) is 0 Å². The molecule has 0 spiro atoms. The molecule has 20 heavy (non-hydrogen) atoms. The Labute approximate surface area is 116 Å². The lowest BCUT2D eigenvalue weighted by Crippen LogP contribution is -2.43. The van der Waals surface area contributed by atoms with Crippen LogP contribution in [0.25, 0.3) is 5.70 Å². The quantitative estimate of drug-likeness (QED) is 0.782. The molecule has 1 aliphatic rings. The van der Waals surface area contributed by atoms with Crippen LogP contribution in [0.15, 0.2) is 51.5 Å². The first-order chi connectivity index (χ1) is 9.93. The van der Waals surface area contributed by atoms with Gasteiger partial charge in [-0.05, 0) is 0 Å². The van der Waals surface area contributed by atoms with Crippen LogP contribution in [-0.4, -0.2) is 15.1 Å². The van der Waals surface area contributed by atoms with E-state index < -0.39 is 0 Å². The van der Waals surface area contributed by atoms with Gasteiger partial charge in [0.15, 0.2) is 5.82 Å². The lowest BCUT2D eigenvalue weighted by atomic mass is 10.4. The summed E-state index contributed by atoms with van der Waals surface area (Å²) in [7, 11) is 0. The van der Waals surface area contributed by atoms with Crippen molar-refractivity contribution >= 4 is 28.9 Å². The Bertz CT molecular complexity index is 706. The number of hydrogen-bond donors (Lipinski definition) is 1. The lowest BCUT2D eigenvalue weighted by molar-refractivity contribution is 0.419. The fraction of sp³-hybridized carbons (Fsp3) is 0. The first kappa shape index (κ1) is 11.1. The van der Waals surface area contributed by atoms with Crippen molar-refractivity contribution in [3.63, 3.8) is 0 Å². The molecule has 0 aromatic carbocycles. The molecule has 0 saturated carbocycles. The van der Waals surface area contributed by atoms with Crippen LogP contribution in [0.3, 0.4) is 0 Å². The predicted octanol–water partition coefficient (Wildman–Crippen LogP) is 1.86. The molecule has 0 aliphatic carbocycles. The molecule has 1 N–H and O–H groups in total. The van der Waals surface area contributed by atoms with Crippen LogP contribution in [-0.2, 0) is 0 Å². The molecule has 0 radical (unpaired) electrons. The van der Waals surface area contributed by atoms with Crippen molar-refractivity contribution in [1.29, 1.82) is 0 Å². The normalized spacial score (nSPS) is 14.5. The molecule has 3 aromatic rings. The van der Waals surface area contributed by atoms with Crippen LogP contribution in [0.1, 0.15) is 5.01 Å². The third-order valence-corrected chi connectivity index (χ3v) is 3.44. The smallest absolute Gasteiger partial charge is 0.337 e. The van der Waals surface area contributed by atoms with Crippen molar-refractivity contribution in [2.45, 2.75) is 0 Å². The molecule has 4 rings (SSSR count). The van der Waals surface area contributed by atoms with Gasteiger partial charge in [0.1, 0.15) is 23.2 Å². The zero-order valence-electron chi connectivity index (χ0n) is 10.0. The summed E-state index contributed by atoms with van der Waals surface area (Å²) in [5.41, 5.74) is 3.89. The zero-order chi connectivity index (χ0) is 13.4. The van der Waals surface area contributed by atoms with Gasteiger partial charge in [0, 0.05) is 23.8 Å². The summed E-state index contributed by atoms with van der Waals surface area (Å²) >= 11 is 1.52. The minimum atomic E-state index is 0.385. The Kier molecular flexibility index (Phi) is 2.42. The number of nitrogens with zero attached hydrogens (tertiary/aromatic N) is 5.